The number of hydrogen-bond donors (Lipinski definition) is 19. The second-order valence-corrected chi connectivity index (χ2v) is 35.5. The van der Waals surface area contributed by atoms with Crippen LogP contribution in [-0.2, 0) is 62.6 Å². The molecule has 38 heteroatoms. The van der Waals surface area contributed by atoms with Crippen molar-refractivity contribution in [1.82, 2.24) is 47.3 Å². The van der Waals surface area contributed by atoms with Crippen molar-refractivity contribution >= 4 is 68.9 Å². The van der Waals surface area contributed by atoms with Crippen LogP contribution in [0.25, 0.3) is 11.1 Å². The molecule has 18 atom stereocenters. The summed E-state index contributed by atoms with van der Waals surface area (Å²) in [4.78, 5) is 124. The van der Waals surface area contributed by atoms with Crippen LogP contribution in [0, 0.1) is 36.5 Å². The zero-order chi connectivity index (χ0) is 87.6. The summed E-state index contributed by atoms with van der Waals surface area (Å²) in [5.41, 5.74) is 3.08. The van der Waals surface area contributed by atoms with Gasteiger partial charge in [0.2, 0.25) is 59.3 Å². The Morgan fingerprint density at radius 1 is 0.689 bits per heavy atom. The van der Waals surface area contributed by atoms with Crippen LogP contribution in [0.1, 0.15) is 143 Å². The minimum atomic E-state index is -4.88. The van der Waals surface area contributed by atoms with E-state index < -0.39 is 236 Å². The van der Waals surface area contributed by atoms with Gasteiger partial charge in [0.05, 0.1) is 48.3 Å². The van der Waals surface area contributed by atoms with Crippen LogP contribution in [0.15, 0.2) is 108 Å². The summed E-state index contributed by atoms with van der Waals surface area (Å²) in [5.74, 6) is -13.6. The number of aryl methyl sites for hydroxylation is 1. The smallest absolute Gasteiger partial charge is 0.264 e. The SMILES string of the molecule is CN[C@H](CC(C)C)C(=O)N[C@H]1C(=O)N[C@@H](CC(=O)NS(=O)(=O)c2ccc(OC)cc2)C(=O)N[C@H]2C(=O)N[C@H]3C(=O)N[C@H](C(=O)N[C@H](C(=O)NC4C5CC6CC(C5)CC4C6)c4cc(O)cc(O)c4-c4cc3ccc4O)[C@H](O)c3ccc(c(Cl)c3)Oc3cc2cc(c3O[C@@H]2O[C@H](CO)[C@@H](O)[C@H](O)[C@H]2O[C@H]2C[C@](C)(N)[C@H](O)[C@H](C)O2)Oc2ccc(cc2C)[C@H]1O. The van der Waals surface area contributed by atoms with Crippen molar-refractivity contribution in [3.8, 4) is 62.9 Å². The van der Waals surface area contributed by atoms with Crippen molar-refractivity contribution in [2.75, 3.05) is 20.8 Å². The Bertz CT molecular complexity index is 5150. The zero-order valence-corrected chi connectivity index (χ0v) is 68.9. The van der Waals surface area contributed by atoms with Crippen LogP contribution >= 0.6 is 11.6 Å². The summed E-state index contributed by atoms with van der Waals surface area (Å²) in [6, 6.07) is 4.75. The van der Waals surface area contributed by atoms with Gasteiger partial charge >= 0.3 is 0 Å². The molecule has 4 saturated carbocycles. The number of nitrogens with two attached hydrogens (primary N) is 1. The first kappa shape index (κ1) is 87.8. The largest absolute Gasteiger partial charge is 0.508 e. The average Bonchev–Trinajstić information content (AvgIpc) is 0.756. The fourth-order valence-corrected chi connectivity index (χ4v) is 19.3. The molecule has 6 aromatic rings. The van der Waals surface area contributed by atoms with Crippen molar-refractivity contribution in [2.24, 2.45) is 35.3 Å². The number of aliphatic hydroxyl groups is 6. The standard InChI is InChI=1S/C84H99ClN10O26S/c1-34(2)18-51(87-6)76(106)93-67-69(101)40-9-16-55(35(3)19-40)117-57-27-44-28-58(73(57)121-83-74(72(104)71(103)59(33-96)119-83)120-61-32-84(5,86)75(105)36(4)116-61)118-56-17-10-41(26-50(56)85)70(102)68-82(112)92-66(80(110)89-63-42-21-37-20-38(23-42)24-43(63)22-37)49-29-45(97)30-54(99)62(49)48-25-39(8-15-53(48)98)64(78(108)94-68)91-79(109)65(44)90-77(107)52(88-81(67)111)31-60(100)95-122(113,114)47-13-11-46(115-7)12-14-47/h8-17,19,25-30,34,36-38,42-43,51-52,59,61,63-72,74-75,83,87,96-99,101-105H,18,20-24,31-33,86H2,1-7H3,(H,88,111)(H,89,110)(H,90,107)(H,91,109)(H,92,112)(H,93,106)(H,94,108)(H,95,100)/t36-,37?,38?,42?,43?,51+,52-,59+,61-,63?,64+,65+,66-,67+,68-,69+,70+,71+,72-,74+,75+,83-,84-/m0/s1. The number of nitrogens with one attached hydrogen (secondary N) is 9. The third-order valence-electron chi connectivity index (χ3n) is 24.2. The van der Waals surface area contributed by atoms with E-state index in [-0.39, 0.29) is 86.8 Å². The highest BCUT2D eigenvalue weighted by Gasteiger charge is 2.53. The van der Waals surface area contributed by atoms with Gasteiger partial charge in [-0.3, -0.25) is 38.4 Å². The number of phenols is 3. The molecule has 15 bridgehead atoms. The highest BCUT2D eigenvalue weighted by Crippen LogP contribution is 2.55. The van der Waals surface area contributed by atoms with Gasteiger partial charge < -0.3 is 127 Å². The Morgan fingerprint density at radius 2 is 1.32 bits per heavy atom. The number of halogens is 1. The van der Waals surface area contributed by atoms with Crippen LogP contribution in [0.2, 0.25) is 5.02 Å². The number of aliphatic hydroxyl groups excluding tert-OH is 6. The molecule has 8 amide bonds. The van der Waals surface area contributed by atoms with Crippen LogP contribution in [-0.4, -0.2) is 207 Å². The first-order valence-corrected chi connectivity index (χ1v) is 42.0. The number of sulfonamides is 1. The summed E-state index contributed by atoms with van der Waals surface area (Å²) < 4.78 is 74.5. The van der Waals surface area contributed by atoms with Gasteiger partial charge in [0.1, 0.15) is 101 Å². The lowest BCUT2D eigenvalue weighted by atomic mass is 9.54. The molecular weight excluding hydrogens is 1630 g/mol. The topological polar surface area (TPSA) is 552 Å². The van der Waals surface area contributed by atoms with Gasteiger partial charge in [0.15, 0.2) is 23.9 Å². The minimum Gasteiger partial charge on any atom is -0.508 e. The van der Waals surface area contributed by atoms with E-state index in [1.54, 1.807) is 0 Å². The highest BCUT2D eigenvalue weighted by molar-refractivity contribution is 7.90. The number of phenolic OH excluding ortho intramolecular Hbond substituents is 3. The number of benzene rings is 6. The molecule has 36 nitrogen and oxygen atoms in total. The van der Waals surface area contributed by atoms with E-state index in [2.05, 4.69) is 42.5 Å². The molecule has 2 saturated heterocycles. The molecule has 11 aliphatic rings. The maximum Gasteiger partial charge on any atom is 0.264 e. The van der Waals surface area contributed by atoms with Gasteiger partial charge in [-0.25, -0.2) is 13.1 Å². The molecule has 4 aliphatic carbocycles. The fraction of sp³-hybridized carbons (Fsp3) is 0.476. The number of aromatic hydroxyl groups is 3. The summed E-state index contributed by atoms with van der Waals surface area (Å²) in [5, 5.41) is 128. The van der Waals surface area contributed by atoms with Crippen molar-refractivity contribution in [3.63, 3.8) is 0 Å². The number of methoxy groups -OCH3 is 1. The molecule has 7 heterocycles. The molecule has 20 N–H and O–H groups in total. The minimum absolute atomic E-state index is 0.0504. The van der Waals surface area contributed by atoms with E-state index in [1.165, 1.54) is 77.4 Å². The first-order valence-electron chi connectivity index (χ1n) is 40.1. The quantitative estimate of drug-likeness (QED) is 0.0624. The van der Waals surface area contributed by atoms with Crippen LogP contribution < -0.4 is 71.9 Å². The third kappa shape index (κ3) is 18.1. The van der Waals surface area contributed by atoms with Gasteiger partial charge in [0.25, 0.3) is 10.0 Å². The van der Waals surface area contributed by atoms with Gasteiger partial charge in [0, 0.05) is 35.2 Å². The summed E-state index contributed by atoms with van der Waals surface area (Å²) in [6.45, 7) is 7.15. The summed E-state index contributed by atoms with van der Waals surface area (Å²) in [6.07, 6.45) is -14.7. The zero-order valence-electron chi connectivity index (χ0n) is 67.3. The van der Waals surface area contributed by atoms with E-state index in [9.17, 15) is 64.0 Å². The Kier molecular flexibility index (Phi) is 25.5. The molecule has 6 fully saturated rings. The van der Waals surface area contributed by atoms with Crippen molar-refractivity contribution in [3.05, 3.63) is 142 Å². The van der Waals surface area contributed by atoms with Gasteiger partial charge in [-0.05, 0) is 208 Å². The average molecular weight is 1730 g/mol. The van der Waals surface area contributed by atoms with Gasteiger partial charge in [-0.1, -0.05) is 43.6 Å². The number of ether oxygens (including phenoxy) is 7. The number of hydrogen-bond acceptors (Lipinski definition) is 28. The van der Waals surface area contributed by atoms with Crippen molar-refractivity contribution in [1.29, 1.82) is 0 Å². The Morgan fingerprint density at radius 3 is 1.95 bits per heavy atom. The van der Waals surface area contributed by atoms with Gasteiger partial charge in [-0.15, -0.1) is 0 Å². The fourth-order valence-electron chi connectivity index (χ4n) is 18.1. The number of rotatable bonds is 17. The molecule has 122 heavy (non-hydrogen) atoms. The Labute approximate surface area is 705 Å². The van der Waals surface area contributed by atoms with Crippen molar-refractivity contribution in [2.45, 2.75) is 206 Å². The molecular formula is C84H99ClN10O26S. The molecule has 7 aliphatic heterocycles. The lowest BCUT2D eigenvalue weighted by molar-refractivity contribution is -0.333. The van der Waals surface area contributed by atoms with Crippen molar-refractivity contribution < 1.29 is 126 Å². The highest BCUT2D eigenvalue weighted by atomic mass is 35.5. The number of fused-ring (bicyclic) bond motifs is 15. The lowest BCUT2D eigenvalue weighted by Crippen LogP contribution is -2.64. The first-order chi connectivity index (χ1) is 57.9. The third-order valence-corrected chi connectivity index (χ3v) is 25.9. The van der Waals surface area contributed by atoms with E-state index in [0.29, 0.717) is 11.8 Å². The predicted molar refractivity (Wildman–Crippen MR) is 429 cm³/mol. The Balaban J connectivity index is 0.975. The normalized spacial score (nSPS) is 31.0. The molecule has 0 spiro atoms. The number of amides is 8. The van der Waals surface area contributed by atoms with Crippen LogP contribution in [0.5, 0.6) is 51.7 Å². The second kappa shape index (κ2) is 35.4. The van der Waals surface area contributed by atoms with E-state index in [4.69, 9.17) is 50.5 Å². The number of carbonyl (C=O) groups excluding carboxylic acids is 8. The molecule has 0 unspecified atom stereocenters. The molecule has 654 valence electrons. The summed E-state index contributed by atoms with van der Waals surface area (Å²) in [7, 11) is -2.10. The molecule has 0 aromatic heterocycles. The number of carbonyl (C=O) groups is 8. The van der Waals surface area contributed by atoms with Gasteiger partial charge in [-0.2, -0.15) is 0 Å². The second-order valence-electron chi connectivity index (χ2n) is 33.4. The lowest BCUT2D eigenvalue weighted by Gasteiger charge is -2.54. The maximum atomic E-state index is 16.6. The molecule has 6 aromatic carbocycles. The van der Waals surface area contributed by atoms with Crippen LogP contribution in [0.3, 0.4) is 0 Å². The Hall–Kier alpha value is -10.5. The van der Waals surface area contributed by atoms with E-state index >= 15 is 28.8 Å². The monoisotopic (exact) mass is 1730 g/mol. The molecule has 17 rings (SSSR count). The van der Waals surface area contributed by atoms with E-state index in [1.807, 2.05) is 18.6 Å². The molecule has 0 radical (unpaired) electrons. The number of likely N-dealkylation sites (N-methyl/N-ethyl adjacent to an activating group) is 1. The predicted octanol–water partition coefficient (Wildman–Crippen LogP) is 2.65. The van der Waals surface area contributed by atoms with E-state index in [0.717, 1.165) is 92.8 Å². The summed E-state index contributed by atoms with van der Waals surface area (Å²) >= 11 is 7.28. The maximum absolute atomic E-state index is 16.6. The van der Waals surface area contributed by atoms with Crippen LogP contribution in [0.4, 0.5) is 0 Å².